The molecule has 1 aliphatic rings. The molecule has 4 heteroatoms. The van der Waals surface area contributed by atoms with Gasteiger partial charge in [-0.2, -0.15) is 0 Å². The summed E-state index contributed by atoms with van der Waals surface area (Å²) in [5, 5.41) is 4.62. The van der Waals surface area contributed by atoms with Crippen molar-refractivity contribution in [2.45, 2.75) is 5.41 Å². The molecule has 0 unspecified atom stereocenters. The molecule has 0 bridgehead atoms. The number of hydrogen-bond donors (Lipinski definition) is 0. The molecule has 0 saturated heterocycles. The molecule has 41 heavy (non-hydrogen) atoms. The molecule has 1 aliphatic carbocycles. The van der Waals surface area contributed by atoms with Gasteiger partial charge in [0.05, 0.1) is 17.2 Å². The topological polar surface area (TPSA) is 18.5 Å². The van der Waals surface area contributed by atoms with Gasteiger partial charge in [-0.3, -0.25) is 0 Å². The van der Waals surface area contributed by atoms with Crippen LogP contribution >= 0.6 is 23.2 Å². The Morgan fingerprint density at radius 2 is 0.878 bits per heavy atom. The van der Waals surface area contributed by atoms with E-state index in [1.54, 1.807) is 0 Å². The maximum Gasteiger partial charge on any atom is 0.119 e. The molecule has 0 fully saturated rings. The second-order valence-corrected chi connectivity index (χ2v) is 11.1. The lowest BCUT2D eigenvalue weighted by Gasteiger charge is -2.34. The standard InChI is InChI=1S/C37H28Cl2O2/c38-17-19-40-31-15-11-25-21-29(13-9-27(25)23-31)37(35-7-3-1-5-33(35)34-6-2-4-8-36(34)37)30-14-10-28-24-32(41-20-18-39)16-12-26(28)22-30/h1-16,21-24H,17-20H2. The molecular formula is C37H28Cl2O2. The van der Waals surface area contributed by atoms with E-state index in [0.29, 0.717) is 25.0 Å². The lowest BCUT2D eigenvalue weighted by atomic mass is 9.67. The van der Waals surface area contributed by atoms with Crippen molar-refractivity contribution in [3.05, 3.63) is 144 Å². The second kappa shape index (κ2) is 10.8. The van der Waals surface area contributed by atoms with Crippen LogP contribution in [0.25, 0.3) is 32.7 Å². The van der Waals surface area contributed by atoms with E-state index in [4.69, 9.17) is 32.7 Å². The number of benzene rings is 6. The fourth-order valence-corrected chi connectivity index (χ4v) is 6.58. The Bertz CT molecular complexity index is 1760. The van der Waals surface area contributed by atoms with Gasteiger partial charge in [-0.05, 0) is 91.3 Å². The van der Waals surface area contributed by atoms with Crippen LogP contribution in [0.15, 0.2) is 121 Å². The van der Waals surface area contributed by atoms with Crippen molar-refractivity contribution in [2.24, 2.45) is 0 Å². The summed E-state index contributed by atoms with van der Waals surface area (Å²) < 4.78 is 11.6. The number of hydrogen-bond acceptors (Lipinski definition) is 2. The largest absolute Gasteiger partial charge is 0.492 e. The van der Waals surface area contributed by atoms with E-state index < -0.39 is 5.41 Å². The number of halogens is 2. The van der Waals surface area contributed by atoms with Crippen LogP contribution in [0.2, 0.25) is 0 Å². The molecule has 0 N–H and O–H groups in total. The van der Waals surface area contributed by atoms with E-state index >= 15 is 0 Å². The molecule has 0 spiro atoms. The molecule has 0 radical (unpaired) electrons. The Morgan fingerprint density at radius 3 is 1.34 bits per heavy atom. The number of rotatable bonds is 8. The second-order valence-electron chi connectivity index (χ2n) is 10.4. The van der Waals surface area contributed by atoms with Crippen molar-refractivity contribution in [1.29, 1.82) is 0 Å². The van der Waals surface area contributed by atoms with Crippen LogP contribution in [-0.2, 0) is 5.41 Å². The monoisotopic (exact) mass is 574 g/mol. The third-order valence-electron chi connectivity index (χ3n) is 8.13. The van der Waals surface area contributed by atoms with E-state index in [9.17, 15) is 0 Å². The molecular weight excluding hydrogens is 547 g/mol. The van der Waals surface area contributed by atoms with Crippen LogP contribution in [0.4, 0.5) is 0 Å². The lowest BCUT2D eigenvalue weighted by Crippen LogP contribution is -2.28. The zero-order valence-electron chi connectivity index (χ0n) is 22.4. The fourth-order valence-electron chi connectivity index (χ4n) is 6.43. The van der Waals surface area contributed by atoms with Crippen molar-refractivity contribution in [2.75, 3.05) is 25.0 Å². The van der Waals surface area contributed by atoms with Crippen molar-refractivity contribution in [3.63, 3.8) is 0 Å². The van der Waals surface area contributed by atoms with Gasteiger partial charge in [-0.1, -0.05) is 84.9 Å². The predicted octanol–water partition coefficient (Wildman–Crippen LogP) is 9.59. The molecule has 7 rings (SSSR count). The van der Waals surface area contributed by atoms with Crippen molar-refractivity contribution in [1.82, 2.24) is 0 Å². The first-order valence-electron chi connectivity index (χ1n) is 13.9. The highest BCUT2D eigenvalue weighted by molar-refractivity contribution is 6.18. The summed E-state index contributed by atoms with van der Waals surface area (Å²) in [5.41, 5.74) is 7.14. The zero-order valence-corrected chi connectivity index (χ0v) is 24.0. The number of alkyl halides is 2. The third kappa shape index (κ3) is 4.34. The van der Waals surface area contributed by atoms with Crippen LogP contribution in [-0.4, -0.2) is 25.0 Å². The van der Waals surface area contributed by atoms with Crippen LogP contribution in [0.5, 0.6) is 11.5 Å². The Balaban J connectivity index is 1.47. The normalized spacial score (nSPS) is 13.2. The van der Waals surface area contributed by atoms with Crippen LogP contribution < -0.4 is 9.47 Å². The minimum absolute atomic E-state index is 0.464. The van der Waals surface area contributed by atoms with Gasteiger partial charge in [0.15, 0.2) is 0 Å². The van der Waals surface area contributed by atoms with Gasteiger partial charge in [0.25, 0.3) is 0 Å². The maximum atomic E-state index is 5.85. The average molecular weight is 576 g/mol. The van der Waals surface area contributed by atoms with Gasteiger partial charge in [-0.25, -0.2) is 0 Å². The van der Waals surface area contributed by atoms with Crippen LogP contribution in [0.1, 0.15) is 22.3 Å². The highest BCUT2D eigenvalue weighted by Crippen LogP contribution is 2.56. The number of fused-ring (bicyclic) bond motifs is 5. The van der Waals surface area contributed by atoms with Gasteiger partial charge in [0, 0.05) is 0 Å². The first kappa shape index (κ1) is 26.0. The van der Waals surface area contributed by atoms with Gasteiger partial charge >= 0.3 is 0 Å². The molecule has 6 aromatic carbocycles. The van der Waals surface area contributed by atoms with E-state index in [1.165, 1.54) is 44.2 Å². The Morgan fingerprint density at radius 1 is 0.463 bits per heavy atom. The lowest BCUT2D eigenvalue weighted by molar-refractivity contribution is 0.343. The van der Waals surface area contributed by atoms with E-state index in [1.807, 2.05) is 12.1 Å². The van der Waals surface area contributed by atoms with Crippen LogP contribution in [0.3, 0.4) is 0 Å². The third-order valence-corrected chi connectivity index (χ3v) is 8.44. The van der Waals surface area contributed by atoms with Gasteiger partial charge < -0.3 is 9.47 Å². The summed E-state index contributed by atoms with van der Waals surface area (Å²) in [4.78, 5) is 0. The highest BCUT2D eigenvalue weighted by atomic mass is 35.5. The number of ether oxygens (including phenoxy) is 2. The van der Waals surface area contributed by atoms with Crippen molar-refractivity contribution >= 4 is 44.7 Å². The molecule has 0 heterocycles. The van der Waals surface area contributed by atoms with E-state index in [-0.39, 0.29) is 0 Å². The summed E-state index contributed by atoms with van der Waals surface area (Å²) in [6.45, 7) is 0.980. The summed E-state index contributed by atoms with van der Waals surface area (Å²) >= 11 is 11.7. The SMILES string of the molecule is ClCCOc1ccc2cc(C3(c4ccc5cc(OCCCl)ccc5c4)c4ccccc4-c4ccccc43)ccc2c1. The highest BCUT2D eigenvalue weighted by Gasteiger charge is 2.46. The molecule has 202 valence electrons. The van der Waals surface area contributed by atoms with Gasteiger partial charge in [0.2, 0.25) is 0 Å². The summed E-state index contributed by atoms with van der Waals surface area (Å²) in [5.74, 6) is 2.60. The van der Waals surface area contributed by atoms with Gasteiger partial charge in [-0.15, -0.1) is 23.2 Å². The first-order valence-corrected chi connectivity index (χ1v) is 14.9. The summed E-state index contributed by atoms with van der Waals surface area (Å²) in [6.07, 6.45) is 0. The minimum Gasteiger partial charge on any atom is -0.492 e. The Hall–Kier alpha value is -3.98. The predicted molar refractivity (Wildman–Crippen MR) is 171 cm³/mol. The Kier molecular flexibility index (Phi) is 6.82. The molecule has 0 aliphatic heterocycles. The molecule has 0 amide bonds. The average Bonchev–Trinajstić information content (AvgIpc) is 3.33. The van der Waals surface area contributed by atoms with Crippen molar-refractivity contribution in [3.8, 4) is 22.6 Å². The first-order chi connectivity index (χ1) is 20.2. The van der Waals surface area contributed by atoms with Gasteiger partial charge in [0.1, 0.15) is 24.7 Å². The molecule has 0 aromatic heterocycles. The maximum absolute atomic E-state index is 5.85. The van der Waals surface area contributed by atoms with E-state index in [0.717, 1.165) is 22.3 Å². The smallest absolute Gasteiger partial charge is 0.119 e. The molecule has 6 aromatic rings. The molecule has 2 nitrogen and oxygen atoms in total. The van der Waals surface area contributed by atoms with Crippen molar-refractivity contribution < 1.29 is 9.47 Å². The quantitative estimate of drug-likeness (QED) is 0.168. The molecule has 0 atom stereocenters. The summed E-state index contributed by atoms with van der Waals surface area (Å²) in [7, 11) is 0. The van der Waals surface area contributed by atoms with E-state index in [2.05, 4.69) is 109 Å². The van der Waals surface area contributed by atoms with Crippen LogP contribution in [0, 0.1) is 0 Å². The minimum atomic E-state index is -0.475. The fraction of sp³-hybridized carbons (Fsp3) is 0.135. The zero-order chi connectivity index (χ0) is 27.8. The summed E-state index contributed by atoms with van der Waals surface area (Å²) in [6, 6.07) is 43.9. The molecule has 0 saturated carbocycles. The Labute approximate surface area is 250 Å².